The maximum Gasteiger partial charge on any atom is 0.0760 e. The lowest BCUT2D eigenvalue weighted by Crippen LogP contribution is -2.58. The molecule has 0 aromatic rings. The van der Waals surface area contributed by atoms with Crippen LogP contribution in [0.3, 0.4) is 0 Å². The predicted molar refractivity (Wildman–Crippen MR) is 90.9 cm³/mol. The molecule has 1 N–H and O–H groups in total. The van der Waals surface area contributed by atoms with E-state index < -0.39 is 0 Å². The Labute approximate surface area is 140 Å². The van der Waals surface area contributed by atoms with Gasteiger partial charge in [0, 0.05) is 11.8 Å². The number of fused-ring (bicyclic) bond motifs is 6. The standard InChI is InChI=1S/C21H30O2/c1-19-8-5-15(22)13-14(19)3-4-16-17(19)6-9-20(2)18(16)7-10-21(20)11-12-23-21/h3-4,13,15-18,22H,5-12H2,1-2H3. The van der Waals surface area contributed by atoms with Gasteiger partial charge in [-0.3, -0.25) is 0 Å². The van der Waals surface area contributed by atoms with Crippen LogP contribution in [0.2, 0.25) is 0 Å². The zero-order valence-corrected chi connectivity index (χ0v) is 14.6. The smallest absolute Gasteiger partial charge is 0.0760 e. The first-order chi connectivity index (χ1) is 11.0. The molecule has 3 fully saturated rings. The summed E-state index contributed by atoms with van der Waals surface area (Å²) in [4.78, 5) is 0. The van der Waals surface area contributed by atoms with E-state index in [1.165, 1.54) is 37.7 Å². The van der Waals surface area contributed by atoms with Gasteiger partial charge in [0.1, 0.15) is 0 Å². The molecule has 1 spiro atoms. The van der Waals surface area contributed by atoms with Crippen LogP contribution in [-0.4, -0.2) is 23.4 Å². The van der Waals surface area contributed by atoms with E-state index in [9.17, 15) is 5.11 Å². The third-order valence-electron chi connectivity index (χ3n) is 8.81. The van der Waals surface area contributed by atoms with E-state index >= 15 is 0 Å². The predicted octanol–water partition coefficient (Wildman–Crippen LogP) is 4.25. The summed E-state index contributed by atoms with van der Waals surface area (Å²) in [6, 6.07) is 0. The average molecular weight is 314 g/mol. The maximum atomic E-state index is 10.0. The summed E-state index contributed by atoms with van der Waals surface area (Å²) in [5.74, 6) is 2.28. The van der Waals surface area contributed by atoms with Gasteiger partial charge in [-0.15, -0.1) is 0 Å². The number of rotatable bonds is 0. The van der Waals surface area contributed by atoms with Crippen molar-refractivity contribution in [3.8, 4) is 0 Å². The average Bonchev–Trinajstić information content (AvgIpc) is 2.81. The second-order valence-corrected chi connectivity index (χ2v) is 9.38. The van der Waals surface area contributed by atoms with Gasteiger partial charge in [0.2, 0.25) is 0 Å². The Morgan fingerprint density at radius 3 is 2.57 bits per heavy atom. The molecule has 23 heavy (non-hydrogen) atoms. The summed E-state index contributed by atoms with van der Waals surface area (Å²) in [6.45, 7) is 5.99. The number of aliphatic hydroxyl groups excluding tert-OH is 1. The topological polar surface area (TPSA) is 29.5 Å². The molecular formula is C21H30O2. The molecule has 2 heteroatoms. The number of aliphatic hydroxyl groups is 1. The first-order valence-electron chi connectivity index (χ1n) is 9.71. The van der Waals surface area contributed by atoms with Crippen molar-refractivity contribution >= 4 is 0 Å². The molecule has 126 valence electrons. The van der Waals surface area contributed by atoms with Crippen LogP contribution in [0.5, 0.6) is 0 Å². The van der Waals surface area contributed by atoms with E-state index in [-0.39, 0.29) is 17.1 Å². The number of ether oxygens (including phenoxy) is 1. The van der Waals surface area contributed by atoms with E-state index in [0.29, 0.717) is 5.41 Å². The van der Waals surface area contributed by atoms with E-state index in [1.54, 1.807) is 0 Å². The molecule has 0 aromatic carbocycles. The lowest BCUT2D eigenvalue weighted by atomic mass is 9.47. The number of hydrogen-bond donors (Lipinski definition) is 1. The van der Waals surface area contributed by atoms with Gasteiger partial charge in [0.25, 0.3) is 0 Å². The highest BCUT2D eigenvalue weighted by Gasteiger charge is 2.66. The summed E-state index contributed by atoms with van der Waals surface area (Å²) in [5.41, 5.74) is 2.31. The van der Waals surface area contributed by atoms with Gasteiger partial charge >= 0.3 is 0 Å². The Morgan fingerprint density at radius 1 is 1.04 bits per heavy atom. The molecule has 2 nitrogen and oxygen atoms in total. The minimum atomic E-state index is -0.230. The lowest BCUT2D eigenvalue weighted by molar-refractivity contribution is -0.223. The van der Waals surface area contributed by atoms with Crippen LogP contribution in [-0.2, 0) is 4.74 Å². The van der Waals surface area contributed by atoms with Crippen LogP contribution in [0.4, 0.5) is 0 Å². The van der Waals surface area contributed by atoms with Gasteiger partial charge in [-0.05, 0) is 67.3 Å². The van der Waals surface area contributed by atoms with Crippen LogP contribution in [0, 0.1) is 28.6 Å². The van der Waals surface area contributed by atoms with E-state index in [0.717, 1.165) is 37.2 Å². The Bertz CT molecular complexity index is 587. The molecule has 2 saturated carbocycles. The summed E-state index contributed by atoms with van der Waals surface area (Å²) < 4.78 is 6.21. The fraction of sp³-hybridized carbons (Fsp3) is 0.810. The number of allylic oxidation sites excluding steroid dienone is 3. The Morgan fingerprint density at radius 2 is 1.83 bits per heavy atom. The van der Waals surface area contributed by atoms with Crippen molar-refractivity contribution in [3.63, 3.8) is 0 Å². The quantitative estimate of drug-likeness (QED) is 0.724. The molecule has 0 aromatic heterocycles. The first kappa shape index (κ1) is 14.7. The van der Waals surface area contributed by atoms with Crippen LogP contribution in [0.1, 0.15) is 58.8 Å². The summed E-state index contributed by atoms with van der Waals surface area (Å²) >= 11 is 0. The molecule has 0 radical (unpaired) electrons. The van der Waals surface area contributed by atoms with Crippen molar-refractivity contribution in [2.24, 2.45) is 28.6 Å². The molecule has 7 unspecified atom stereocenters. The van der Waals surface area contributed by atoms with Crippen molar-refractivity contribution in [2.45, 2.75) is 70.5 Å². The molecular weight excluding hydrogens is 284 g/mol. The second kappa shape index (κ2) is 4.52. The van der Waals surface area contributed by atoms with Gasteiger partial charge in [-0.25, -0.2) is 0 Å². The maximum absolute atomic E-state index is 10.0. The largest absolute Gasteiger partial charge is 0.389 e. The highest BCUT2D eigenvalue weighted by atomic mass is 16.5. The van der Waals surface area contributed by atoms with Crippen molar-refractivity contribution in [1.29, 1.82) is 0 Å². The molecule has 0 amide bonds. The fourth-order valence-electron chi connectivity index (χ4n) is 7.23. The van der Waals surface area contributed by atoms with E-state index in [4.69, 9.17) is 4.74 Å². The Hall–Kier alpha value is -0.600. The molecule has 1 saturated heterocycles. The molecule has 0 bridgehead atoms. The van der Waals surface area contributed by atoms with Crippen molar-refractivity contribution in [2.75, 3.05) is 6.61 Å². The Balaban J connectivity index is 1.54. The van der Waals surface area contributed by atoms with Crippen molar-refractivity contribution in [1.82, 2.24) is 0 Å². The van der Waals surface area contributed by atoms with Gasteiger partial charge in [0.05, 0.1) is 18.3 Å². The van der Waals surface area contributed by atoms with Crippen molar-refractivity contribution in [3.05, 3.63) is 23.8 Å². The zero-order valence-electron chi connectivity index (χ0n) is 14.6. The highest BCUT2D eigenvalue weighted by Crippen LogP contribution is 2.69. The van der Waals surface area contributed by atoms with E-state index in [1.807, 2.05) is 0 Å². The Kier molecular flexibility index (Phi) is 2.89. The van der Waals surface area contributed by atoms with Crippen LogP contribution < -0.4 is 0 Å². The summed E-state index contributed by atoms with van der Waals surface area (Å²) in [6.07, 6.45) is 15.4. The third kappa shape index (κ3) is 1.67. The van der Waals surface area contributed by atoms with Crippen LogP contribution >= 0.6 is 0 Å². The summed E-state index contributed by atoms with van der Waals surface area (Å²) in [5, 5.41) is 10.0. The molecule has 1 aliphatic heterocycles. The zero-order chi connectivity index (χ0) is 15.9. The second-order valence-electron chi connectivity index (χ2n) is 9.38. The van der Waals surface area contributed by atoms with Gasteiger partial charge in [0.15, 0.2) is 0 Å². The normalized spacial score (nSPS) is 57.3. The van der Waals surface area contributed by atoms with Gasteiger partial charge in [-0.1, -0.05) is 32.1 Å². The molecule has 1 heterocycles. The lowest BCUT2D eigenvalue weighted by Gasteiger charge is -2.60. The minimum absolute atomic E-state index is 0.219. The van der Waals surface area contributed by atoms with Gasteiger partial charge < -0.3 is 9.84 Å². The molecule has 7 atom stereocenters. The molecule has 4 aliphatic carbocycles. The monoisotopic (exact) mass is 314 g/mol. The SMILES string of the molecule is CC12CCC(O)C=C1C=CC1C2CCC2(C)C1CCC21CCO1. The molecule has 5 aliphatic rings. The molecule has 5 rings (SSSR count). The third-order valence-corrected chi connectivity index (χ3v) is 8.81. The van der Waals surface area contributed by atoms with Gasteiger partial charge in [-0.2, -0.15) is 0 Å². The van der Waals surface area contributed by atoms with E-state index in [2.05, 4.69) is 32.1 Å². The van der Waals surface area contributed by atoms with Crippen LogP contribution in [0.25, 0.3) is 0 Å². The summed E-state index contributed by atoms with van der Waals surface area (Å²) in [7, 11) is 0. The van der Waals surface area contributed by atoms with Crippen LogP contribution in [0.15, 0.2) is 23.8 Å². The first-order valence-corrected chi connectivity index (χ1v) is 9.71. The minimum Gasteiger partial charge on any atom is -0.389 e. The van der Waals surface area contributed by atoms with Crippen molar-refractivity contribution < 1.29 is 9.84 Å². The number of hydrogen-bond acceptors (Lipinski definition) is 2. The highest BCUT2D eigenvalue weighted by molar-refractivity contribution is 5.36. The fourth-order valence-corrected chi connectivity index (χ4v) is 7.23.